The molecule has 1 N–H and O–H groups in total. The van der Waals surface area contributed by atoms with Gasteiger partial charge < -0.3 is 19.5 Å². The third-order valence-electron chi connectivity index (χ3n) is 3.66. The maximum Gasteiger partial charge on any atom is 0.257 e. The Hall–Kier alpha value is -2.69. The lowest BCUT2D eigenvalue weighted by Gasteiger charge is -2.11. The van der Waals surface area contributed by atoms with Crippen LogP contribution in [0.1, 0.15) is 18.1 Å². The highest BCUT2D eigenvalue weighted by atomic mass is 16.5. The van der Waals surface area contributed by atoms with E-state index >= 15 is 0 Å². The molecule has 0 aromatic heterocycles. The van der Waals surface area contributed by atoms with Crippen LogP contribution in [0.2, 0.25) is 0 Å². The summed E-state index contributed by atoms with van der Waals surface area (Å²) in [5.74, 6) is 2.11. The third kappa shape index (κ3) is 6.03. The van der Waals surface area contributed by atoms with E-state index in [1.807, 2.05) is 38.1 Å². The van der Waals surface area contributed by atoms with Gasteiger partial charge in [-0.3, -0.25) is 4.79 Å². The minimum absolute atomic E-state index is 0.0149. The third-order valence-corrected chi connectivity index (χ3v) is 3.66. The molecule has 0 atom stereocenters. The van der Waals surface area contributed by atoms with E-state index in [-0.39, 0.29) is 12.5 Å². The first-order chi connectivity index (χ1) is 12.1. The van der Waals surface area contributed by atoms with Gasteiger partial charge in [-0.1, -0.05) is 17.7 Å². The van der Waals surface area contributed by atoms with Gasteiger partial charge in [0.05, 0.1) is 13.7 Å². The number of benzene rings is 2. The van der Waals surface area contributed by atoms with Crippen LogP contribution in [0, 0.1) is 6.92 Å². The molecular weight excluding hydrogens is 318 g/mol. The minimum Gasteiger partial charge on any atom is -0.496 e. The van der Waals surface area contributed by atoms with Gasteiger partial charge in [-0.05, 0) is 56.2 Å². The van der Waals surface area contributed by atoms with Crippen LogP contribution in [-0.4, -0.2) is 32.8 Å². The molecule has 0 spiro atoms. The zero-order valence-electron chi connectivity index (χ0n) is 15.0. The first-order valence-corrected chi connectivity index (χ1v) is 8.38. The summed E-state index contributed by atoms with van der Waals surface area (Å²) >= 11 is 0. The molecule has 5 nitrogen and oxygen atoms in total. The molecule has 2 aromatic rings. The molecule has 0 radical (unpaired) electrons. The molecule has 0 unspecified atom stereocenters. The molecule has 134 valence electrons. The van der Waals surface area contributed by atoms with E-state index in [1.165, 1.54) is 5.56 Å². The Morgan fingerprint density at radius 2 is 1.72 bits per heavy atom. The average Bonchev–Trinajstić information content (AvgIpc) is 2.61. The van der Waals surface area contributed by atoms with Gasteiger partial charge in [0.2, 0.25) is 0 Å². The quantitative estimate of drug-likeness (QED) is 0.760. The number of aryl methyl sites for hydroxylation is 1. The maximum atomic E-state index is 11.9. The zero-order chi connectivity index (χ0) is 18.1. The molecule has 0 fully saturated rings. The molecule has 0 saturated heterocycles. The number of carbonyl (C=O) groups excluding carboxylic acids is 1. The van der Waals surface area contributed by atoms with Crippen molar-refractivity contribution in [3.8, 4) is 17.2 Å². The Bertz CT molecular complexity index is 683. The van der Waals surface area contributed by atoms with Crippen LogP contribution in [0.5, 0.6) is 17.2 Å². The summed E-state index contributed by atoms with van der Waals surface area (Å²) < 4.78 is 16.2. The lowest BCUT2D eigenvalue weighted by molar-refractivity contribution is -0.123. The second-order valence-corrected chi connectivity index (χ2v) is 5.61. The Morgan fingerprint density at radius 1 is 1.04 bits per heavy atom. The lowest BCUT2D eigenvalue weighted by Crippen LogP contribution is -2.30. The number of carbonyl (C=O) groups is 1. The zero-order valence-corrected chi connectivity index (χ0v) is 15.0. The molecule has 0 aliphatic carbocycles. The van der Waals surface area contributed by atoms with E-state index in [2.05, 4.69) is 11.4 Å². The van der Waals surface area contributed by atoms with Crippen LogP contribution in [0.15, 0.2) is 42.5 Å². The number of ether oxygens (including phenoxy) is 3. The monoisotopic (exact) mass is 343 g/mol. The standard InChI is InChI=1S/C20H25NO4/c1-4-24-17-6-8-18(9-7-17)25-14-20(22)21-12-11-16-13-15(2)5-10-19(16)23-3/h5-10,13H,4,11-12,14H2,1-3H3,(H,21,22). The number of rotatable bonds is 9. The van der Waals surface area contributed by atoms with Gasteiger partial charge in [0.1, 0.15) is 17.2 Å². The highest BCUT2D eigenvalue weighted by Gasteiger charge is 2.06. The van der Waals surface area contributed by atoms with E-state index in [1.54, 1.807) is 19.2 Å². The summed E-state index contributed by atoms with van der Waals surface area (Å²) in [6.07, 6.45) is 0.708. The van der Waals surface area contributed by atoms with Gasteiger partial charge >= 0.3 is 0 Å². The second-order valence-electron chi connectivity index (χ2n) is 5.61. The predicted octanol–water partition coefficient (Wildman–Crippen LogP) is 3.14. The molecule has 0 aliphatic rings. The van der Waals surface area contributed by atoms with E-state index in [0.29, 0.717) is 25.3 Å². The topological polar surface area (TPSA) is 56.8 Å². The van der Waals surface area contributed by atoms with Crippen LogP contribution in [-0.2, 0) is 11.2 Å². The first kappa shape index (κ1) is 18.6. The van der Waals surface area contributed by atoms with Crippen LogP contribution in [0.4, 0.5) is 0 Å². The molecule has 0 aliphatic heterocycles. The number of hydrogen-bond acceptors (Lipinski definition) is 4. The SMILES string of the molecule is CCOc1ccc(OCC(=O)NCCc2cc(C)ccc2OC)cc1. The summed E-state index contributed by atoms with van der Waals surface area (Å²) in [5, 5.41) is 2.86. The Labute approximate surface area is 148 Å². The van der Waals surface area contributed by atoms with Gasteiger partial charge in [-0.2, -0.15) is 0 Å². The molecule has 2 rings (SSSR count). The van der Waals surface area contributed by atoms with Crippen LogP contribution < -0.4 is 19.5 Å². The van der Waals surface area contributed by atoms with Crippen LogP contribution in [0.25, 0.3) is 0 Å². The van der Waals surface area contributed by atoms with Gasteiger partial charge in [-0.15, -0.1) is 0 Å². The summed E-state index contributed by atoms with van der Waals surface area (Å²) in [7, 11) is 1.65. The highest BCUT2D eigenvalue weighted by Crippen LogP contribution is 2.20. The van der Waals surface area contributed by atoms with Crippen molar-refractivity contribution in [3.63, 3.8) is 0 Å². The van der Waals surface area contributed by atoms with E-state index in [4.69, 9.17) is 14.2 Å². The van der Waals surface area contributed by atoms with Crippen molar-refractivity contribution in [1.29, 1.82) is 0 Å². The van der Waals surface area contributed by atoms with Gasteiger partial charge in [0.15, 0.2) is 6.61 Å². The average molecular weight is 343 g/mol. The van der Waals surface area contributed by atoms with Gasteiger partial charge in [0, 0.05) is 6.54 Å². The highest BCUT2D eigenvalue weighted by molar-refractivity contribution is 5.77. The normalized spacial score (nSPS) is 10.2. The number of amides is 1. The number of nitrogens with one attached hydrogen (secondary N) is 1. The lowest BCUT2D eigenvalue weighted by atomic mass is 10.1. The Morgan fingerprint density at radius 3 is 2.36 bits per heavy atom. The Kier molecular flexibility index (Phi) is 7.14. The molecule has 1 amide bonds. The van der Waals surface area contributed by atoms with Crippen molar-refractivity contribution in [2.24, 2.45) is 0 Å². The fourth-order valence-electron chi connectivity index (χ4n) is 2.44. The molecule has 0 bridgehead atoms. The minimum atomic E-state index is -0.152. The van der Waals surface area contributed by atoms with E-state index < -0.39 is 0 Å². The van der Waals surface area contributed by atoms with Crippen molar-refractivity contribution >= 4 is 5.91 Å². The van der Waals surface area contributed by atoms with Crippen molar-refractivity contribution in [2.45, 2.75) is 20.3 Å². The van der Waals surface area contributed by atoms with Gasteiger partial charge in [0.25, 0.3) is 5.91 Å². The van der Waals surface area contributed by atoms with Crippen molar-refractivity contribution < 1.29 is 19.0 Å². The van der Waals surface area contributed by atoms with Crippen molar-refractivity contribution in [3.05, 3.63) is 53.6 Å². The molecule has 2 aromatic carbocycles. The number of methoxy groups -OCH3 is 1. The van der Waals surface area contributed by atoms with E-state index in [0.717, 1.165) is 17.1 Å². The van der Waals surface area contributed by atoms with Crippen molar-refractivity contribution in [2.75, 3.05) is 26.9 Å². The van der Waals surface area contributed by atoms with Crippen LogP contribution >= 0.6 is 0 Å². The molecule has 5 heteroatoms. The molecule has 25 heavy (non-hydrogen) atoms. The second kappa shape index (κ2) is 9.57. The molecule has 0 saturated carbocycles. The van der Waals surface area contributed by atoms with Crippen LogP contribution in [0.3, 0.4) is 0 Å². The fraction of sp³-hybridized carbons (Fsp3) is 0.350. The largest absolute Gasteiger partial charge is 0.496 e. The summed E-state index contributed by atoms with van der Waals surface area (Å²) in [5.41, 5.74) is 2.25. The summed E-state index contributed by atoms with van der Waals surface area (Å²) in [6, 6.07) is 13.2. The summed E-state index contributed by atoms with van der Waals surface area (Å²) in [6.45, 7) is 5.10. The fourth-order valence-corrected chi connectivity index (χ4v) is 2.44. The smallest absolute Gasteiger partial charge is 0.257 e. The van der Waals surface area contributed by atoms with Gasteiger partial charge in [-0.25, -0.2) is 0 Å². The number of hydrogen-bond donors (Lipinski definition) is 1. The molecular formula is C20H25NO4. The molecule has 0 heterocycles. The summed E-state index contributed by atoms with van der Waals surface area (Å²) in [4.78, 5) is 11.9. The van der Waals surface area contributed by atoms with E-state index in [9.17, 15) is 4.79 Å². The predicted molar refractivity (Wildman–Crippen MR) is 97.6 cm³/mol. The van der Waals surface area contributed by atoms with Crippen molar-refractivity contribution in [1.82, 2.24) is 5.32 Å². The maximum absolute atomic E-state index is 11.9. The first-order valence-electron chi connectivity index (χ1n) is 8.38. The Balaban J connectivity index is 1.74.